The summed E-state index contributed by atoms with van der Waals surface area (Å²) in [6, 6.07) is 70.0. The van der Waals surface area contributed by atoms with Crippen molar-refractivity contribution in [1.29, 1.82) is 0 Å². The topological polar surface area (TPSA) is 16.4 Å². The zero-order valence-electron chi connectivity index (χ0n) is 35.3. The Morgan fingerprint density at radius 2 is 0.903 bits per heavy atom. The summed E-state index contributed by atoms with van der Waals surface area (Å²) in [6.45, 7) is 9.48. The molecule has 0 radical (unpaired) electrons. The summed E-state index contributed by atoms with van der Waals surface area (Å²) in [5.41, 5.74) is 20.6. The molecule has 2 nitrogen and oxygen atoms in total. The summed E-state index contributed by atoms with van der Waals surface area (Å²) in [5, 5.41) is 7.41. The first-order valence-electron chi connectivity index (χ1n) is 21.8. The molecule has 0 spiro atoms. The smallest absolute Gasteiger partial charge is 0.136 e. The third kappa shape index (κ3) is 4.81. The fraction of sp³-hybridized carbons (Fsp3) is 0.100. The summed E-state index contributed by atoms with van der Waals surface area (Å²) in [6.07, 6.45) is 0. The van der Waals surface area contributed by atoms with Crippen LogP contribution in [-0.2, 0) is 10.8 Å². The van der Waals surface area contributed by atoms with Crippen LogP contribution in [0.25, 0.3) is 88.0 Å². The first-order chi connectivity index (χ1) is 30.3. The highest BCUT2D eigenvalue weighted by molar-refractivity contribution is 6.33. The standard InChI is InChI=1S/C60H43NO/c1-59(2)50-23-8-6-19-47(50)56-51(59)24-13-25-53(56)61(41-29-31-44-43-18-5-7-22-49(43)60(3,4)52(44)35-41)40-17-10-16-38(33-40)36-14-9-15-37(32-36)39-28-30-42-45-20-11-26-54-57(45)58-46(48(42)34-39)21-12-27-55(58)62-54/h5-35H,1-4H3. The van der Waals surface area contributed by atoms with Gasteiger partial charge in [-0.25, -0.2) is 0 Å². The zero-order chi connectivity index (χ0) is 41.5. The maximum absolute atomic E-state index is 6.33. The van der Waals surface area contributed by atoms with Gasteiger partial charge in [-0.05, 0) is 137 Å². The van der Waals surface area contributed by atoms with Crippen LogP contribution in [0, 0.1) is 0 Å². The Kier molecular flexibility index (Phi) is 7.16. The van der Waals surface area contributed by atoms with E-state index >= 15 is 0 Å². The summed E-state index contributed by atoms with van der Waals surface area (Å²) < 4.78 is 6.33. The van der Waals surface area contributed by atoms with Crippen LogP contribution in [0.3, 0.4) is 0 Å². The molecule has 0 aliphatic heterocycles. The van der Waals surface area contributed by atoms with Crippen molar-refractivity contribution < 1.29 is 4.42 Å². The molecule has 0 amide bonds. The Morgan fingerprint density at radius 3 is 1.66 bits per heavy atom. The summed E-state index contributed by atoms with van der Waals surface area (Å²) in [7, 11) is 0. The minimum Gasteiger partial charge on any atom is -0.456 e. The normalized spacial score (nSPS) is 14.4. The van der Waals surface area contributed by atoms with E-state index in [4.69, 9.17) is 4.42 Å². The Hall–Kier alpha value is -7.42. The molecule has 0 atom stereocenters. The van der Waals surface area contributed by atoms with Crippen LogP contribution in [0.2, 0.25) is 0 Å². The lowest BCUT2D eigenvalue weighted by atomic mass is 9.82. The number of nitrogens with zero attached hydrogens (tertiary/aromatic N) is 1. The maximum atomic E-state index is 6.33. The second kappa shape index (κ2) is 12.6. The van der Waals surface area contributed by atoms with Crippen molar-refractivity contribution in [2.75, 3.05) is 4.90 Å². The number of anilines is 3. The highest BCUT2D eigenvalue weighted by Gasteiger charge is 2.39. The predicted octanol–water partition coefficient (Wildman–Crippen LogP) is 16.7. The average molecular weight is 794 g/mol. The van der Waals surface area contributed by atoms with E-state index in [1.54, 1.807) is 0 Å². The number of furan rings is 1. The molecule has 62 heavy (non-hydrogen) atoms. The molecule has 294 valence electrons. The summed E-state index contributed by atoms with van der Waals surface area (Å²) in [5.74, 6) is 0. The van der Waals surface area contributed by atoms with Crippen LogP contribution in [0.1, 0.15) is 49.9 Å². The van der Waals surface area contributed by atoms with Gasteiger partial charge in [0.25, 0.3) is 0 Å². The lowest BCUT2D eigenvalue weighted by molar-refractivity contribution is 0.660. The highest BCUT2D eigenvalue weighted by atomic mass is 16.3. The van der Waals surface area contributed by atoms with Gasteiger partial charge in [0.2, 0.25) is 0 Å². The van der Waals surface area contributed by atoms with E-state index in [1.165, 1.54) is 105 Å². The lowest BCUT2D eigenvalue weighted by Crippen LogP contribution is -2.17. The van der Waals surface area contributed by atoms with Gasteiger partial charge in [0, 0.05) is 38.5 Å². The minimum absolute atomic E-state index is 0.116. The molecule has 13 rings (SSSR count). The first kappa shape index (κ1) is 35.3. The molecule has 0 saturated carbocycles. The quantitative estimate of drug-likeness (QED) is 0.161. The van der Waals surface area contributed by atoms with Crippen LogP contribution >= 0.6 is 0 Å². The zero-order valence-corrected chi connectivity index (χ0v) is 35.3. The molecule has 2 aliphatic rings. The summed E-state index contributed by atoms with van der Waals surface area (Å²) in [4.78, 5) is 2.51. The fourth-order valence-electron chi connectivity index (χ4n) is 11.4. The molecule has 11 aromatic rings. The molecule has 0 N–H and O–H groups in total. The molecule has 2 heteroatoms. The molecule has 1 heterocycles. The van der Waals surface area contributed by atoms with E-state index in [2.05, 4.69) is 221 Å². The third-order valence-corrected chi connectivity index (χ3v) is 14.4. The Labute approximate surface area is 361 Å². The predicted molar refractivity (Wildman–Crippen MR) is 261 cm³/mol. The van der Waals surface area contributed by atoms with Crippen molar-refractivity contribution in [2.24, 2.45) is 0 Å². The second-order valence-corrected chi connectivity index (χ2v) is 18.5. The molecule has 0 saturated heterocycles. The van der Waals surface area contributed by atoms with Crippen LogP contribution in [0.4, 0.5) is 17.1 Å². The van der Waals surface area contributed by atoms with Gasteiger partial charge in [-0.3, -0.25) is 0 Å². The fourth-order valence-corrected chi connectivity index (χ4v) is 11.4. The molecular formula is C60H43NO. The van der Waals surface area contributed by atoms with Gasteiger partial charge >= 0.3 is 0 Å². The van der Waals surface area contributed by atoms with Gasteiger partial charge < -0.3 is 9.32 Å². The van der Waals surface area contributed by atoms with Gasteiger partial charge in [0.05, 0.1) is 5.69 Å². The van der Waals surface area contributed by atoms with E-state index < -0.39 is 0 Å². The van der Waals surface area contributed by atoms with Gasteiger partial charge in [-0.1, -0.05) is 161 Å². The van der Waals surface area contributed by atoms with E-state index in [1.807, 2.05) is 0 Å². The molecule has 0 bridgehead atoms. The van der Waals surface area contributed by atoms with Gasteiger partial charge in [0.15, 0.2) is 0 Å². The van der Waals surface area contributed by atoms with E-state index in [-0.39, 0.29) is 10.8 Å². The number of benzene rings is 10. The average Bonchev–Trinajstić information content (AvgIpc) is 3.89. The van der Waals surface area contributed by atoms with E-state index in [0.29, 0.717) is 0 Å². The van der Waals surface area contributed by atoms with Crippen molar-refractivity contribution in [3.8, 4) is 44.5 Å². The molecule has 0 unspecified atom stereocenters. The van der Waals surface area contributed by atoms with Crippen molar-refractivity contribution in [1.82, 2.24) is 0 Å². The molecule has 0 fully saturated rings. The van der Waals surface area contributed by atoms with Crippen molar-refractivity contribution >= 4 is 60.5 Å². The highest BCUT2D eigenvalue weighted by Crippen LogP contribution is 2.56. The minimum atomic E-state index is -0.125. The van der Waals surface area contributed by atoms with Gasteiger partial charge in [-0.2, -0.15) is 0 Å². The SMILES string of the molecule is CC1(C)c2ccccc2-c2ccc(N(c3cccc(-c4cccc(-c5ccc6c(c5)c5cccc7oc8cccc6c8c75)c4)c3)c3cccc4c3-c3ccccc3C4(C)C)cc21. The van der Waals surface area contributed by atoms with Crippen LogP contribution in [0.15, 0.2) is 192 Å². The van der Waals surface area contributed by atoms with Crippen molar-refractivity contribution in [3.05, 3.63) is 210 Å². The number of hydrogen-bond acceptors (Lipinski definition) is 2. The van der Waals surface area contributed by atoms with Crippen LogP contribution < -0.4 is 4.90 Å². The Bertz CT molecular complexity index is 3660. The van der Waals surface area contributed by atoms with E-state index in [9.17, 15) is 0 Å². The van der Waals surface area contributed by atoms with Crippen molar-refractivity contribution in [3.63, 3.8) is 0 Å². The molecular weight excluding hydrogens is 751 g/mol. The van der Waals surface area contributed by atoms with Crippen molar-refractivity contribution in [2.45, 2.75) is 38.5 Å². The lowest BCUT2D eigenvalue weighted by Gasteiger charge is -2.30. The van der Waals surface area contributed by atoms with Crippen LogP contribution in [0.5, 0.6) is 0 Å². The monoisotopic (exact) mass is 793 g/mol. The number of hydrogen-bond donors (Lipinski definition) is 0. The Balaban J connectivity index is 0.971. The van der Waals surface area contributed by atoms with E-state index in [0.717, 1.165) is 22.5 Å². The van der Waals surface area contributed by atoms with Gasteiger partial charge in [0.1, 0.15) is 11.2 Å². The Morgan fingerprint density at radius 1 is 0.355 bits per heavy atom. The maximum Gasteiger partial charge on any atom is 0.136 e. The summed E-state index contributed by atoms with van der Waals surface area (Å²) >= 11 is 0. The van der Waals surface area contributed by atoms with Crippen LogP contribution in [-0.4, -0.2) is 0 Å². The second-order valence-electron chi connectivity index (χ2n) is 18.5. The number of rotatable bonds is 5. The largest absolute Gasteiger partial charge is 0.456 e. The molecule has 1 aromatic heterocycles. The molecule has 2 aliphatic carbocycles. The third-order valence-electron chi connectivity index (χ3n) is 14.4. The van der Waals surface area contributed by atoms with Gasteiger partial charge in [-0.15, -0.1) is 0 Å². The number of fused-ring (bicyclic) bond motifs is 9. The molecule has 10 aromatic carbocycles. The first-order valence-corrected chi connectivity index (χ1v) is 21.8.